The molecule has 0 bridgehead atoms. The van der Waals surface area contributed by atoms with E-state index in [1.165, 1.54) is 0 Å². The monoisotopic (exact) mass is 261 g/mol. The van der Waals surface area contributed by atoms with Crippen molar-refractivity contribution in [2.24, 2.45) is 0 Å². The molecule has 2 rings (SSSR count). The Morgan fingerprint density at radius 1 is 1.32 bits per heavy atom. The van der Waals surface area contributed by atoms with Crippen LogP contribution in [0.5, 0.6) is 5.75 Å². The zero-order chi connectivity index (χ0) is 14.0. The molecule has 19 heavy (non-hydrogen) atoms. The average Bonchev–Trinajstić information content (AvgIpc) is 2.66. The van der Waals surface area contributed by atoms with Gasteiger partial charge >= 0.3 is 0 Å². The lowest BCUT2D eigenvalue weighted by Crippen LogP contribution is -2.02. The fourth-order valence-corrected chi connectivity index (χ4v) is 1.97. The summed E-state index contributed by atoms with van der Waals surface area (Å²) in [5, 5.41) is 13.7. The Balaban J connectivity index is 2.22. The van der Waals surface area contributed by atoms with Crippen molar-refractivity contribution in [3.63, 3.8) is 0 Å². The standard InChI is InChI=1S/C15H19NO3/c1-9-5-6-13(11(3)17)15(7-9)18-8-14-10(2)16-19-12(14)4/h5-7,11,17H,8H2,1-4H3/t11-/m1/s1. The van der Waals surface area contributed by atoms with Gasteiger partial charge in [-0.2, -0.15) is 0 Å². The minimum atomic E-state index is -0.555. The van der Waals surface area contributed by atoms with Crippen molar-refractivity contribution in [1.82, 2.24) is 5.16 Å². The van der Waals surface area contributed by atoms with Gasteiger partial charge in [-0.3, -0.25) is 0 Å². The van der Waals surface area contributed by atoms with Crippen molar-refractivity contribution in [2.75, 3.05) is 0 Å². The zero-order valence-electron chi connectivity index (χ0n) is 11.7. The molecular weight excluding hydrogens is 242 g/mol. The second kappa shape index (κ2) is 5.45. The minimum Gasteiger partial charge on any atom is -0.488 e. The maximum Gasteiger partial charge on any atom is 0.140 e. The van der Waals surface area contributed by atoms with Crippen LogP contribution in [-0.4, -0.2) is 10.3 Å². The summed E-state index contributed by atoms with van der Waals surface area (Å²) in [6.45, 7) is 7.87. The van der Waals surface area contributed by atoms with E-state index in [4.69, 9.17) is 9.26 Å². The normalized spacial score (nSPS) is 12.5. The number of aryl methyl sites for hydroxylation is 3. The second-order valence-corrected chi connectivity index (χ2v) is 4.81. The Morgan fingerprint density at radius 2 is 2.05 bits per heavy atom. The smallest absolute Gasteiger partial charge is 0.140 e. The fourth-order valence-electron chi connectivity index (χ4n) is 1.97. The zero-order valence-corrected chi connectivity index (χ0v) is 11.7. The maximum absolute atomic E-state index is 9.75. The summed E-state index contributed by atoms with van der Waals surface area (Å²) in [4.78, 5) is 0. The molecular formula is C15H19NO3. The van der Waals surface area contributed by atoms with Crippen LogP contribution >= 0.6 is 0 Å². The van der Waals surface area contributed by atoms with Gasteiger partial charge in [0.1, 0.15) is 18.1 Å². The van der Waals surface area contributed by atoms with Crippen molar-refractivity contribution < 1.29 is 14.4 Å². The van der Waals surface area contributed by atoms with Crippen LogP contribution in [0.4, 0.5) is 0 Å². The number of benzene rings is 1. The summed E-state index contributed by atoms with van der Waals surface area (Å²) < 4.78 is 10.9. The Bertz CT molecular complexity index is 553. The van der Waals surface area contributed by atoms with Gasteiger partial charge < -0.3 is 14.4 Å². The number of aromatic nitrogens is 1. The summed E-state index contributed by atoms with van der Waals surface area (Å²) in [5.74, 6) is 1.47. The molecule has 1 N–H and O–H groups in total. The van der Waals surface area contributed by atoms with E-state index in [1.54, 1.807) is 6.92 Å². The van der Waals surface area contributed by atoms with Gasteiger partial charge in [0.25, 0.3) is 0 Å². The maximum atomic E-state index is 9.75. The van der Waals surface area contributed by atoms with Gasteiger partial charge in [0.2, 0.25) is 0 Å². The van der Waals surface area contributed by atoms with Crippen molar-refractivity contribution >= 4 is 0 Å². The number of aliphatic hydroxyl groups is 1. The largest absolute Gasteiger partial charge is 0.488 e. The molecule has 0 aliphatic heterocycles. The molecule has 4 heteroatoms. The molecule has 102 valence electrons. The van der Waals surface area contributed by atoms with E-state index in [-0.39, 0.29) is 0 Å². The molecule has 0 saturated carbocycles. The van der Waals surface area contributed by atoms with E-state index >= 15 is 0 Å². The second-order valence-electron chi connectivity index (χ2n) is 4.81. The number of ether oxygens (including phenoxy) is 1. The molecule has 0 aliphatic rings. The predicted octanol–water partition coefficient (Wildman–Crippen LogP) is 3.23. The molecule has 1 aromatic heterocycles. The molecule has 0 radical (unpaired) electrons. The van der Waals surface area contributed by atoms with Crippen LogP contribution in [0.25, 0.3) is 0 Å². The van der Waals surface area contributed by atoms with Crippen LogP contribution in [0.15, 0.2) is 22.7 Å². The lowest BCUT2D eigenvalue weighted by Gasteiger charge is -2.14. The number of rotatable bonds is 4. The molecule has 0 aliphatic carbocycles. The Hall–Kier alpha value is -1.81. The van der Waals surface area contributed by atoms with Gasteiger partial charge in [-0.15, -0.1) is 0 Å². The highest BCUT2D eigenvalue weighted by Crippen LogP contribution is 2.27. The summed E-state index contributed by atoms with van der Waals surface area (Å²) in [7, 11) is 0. The lowest BCUT2D eigenvalue weighted by molar-refractivity contribution is 0.190. The van der Waals surface area contributed by atoms with Crippen LogP contribution in [0.1, 0.15) is 41.2 Å². The molecule has 2 aromatic rings. The first-order valence-electron chi connectivity index (χ1n) is 6.32. The molecule has 0 unspecified atom stereocenters. The Labute approximate surface area is 113 Å². The van der Waals surface area contributed by atoms with Gasteiger partial charge in [-0.05, 0) is 39.3 Å². The first kappa shape index (κ1) is 13.6. The van der Waals surface area contributed by atoms with E-state index in [0.717, 1.165) is 28.1 Å². The molecule has 4 nitrogen and oxygen atoms in total. The first-order chi connectivity index (χ1) is 8.99. The lowest BCUT2D eigenvalue weighted by atomic mass is 10.1. The van der Waals surface area contributed by atoms with E-state index in [0.29, 0.717) is 12.4 Å². The molecule has 0 fully saturated rings. The van der Waals surface area contributed by atoms with Crippen molar-refractivity contribution in [3.05, 3.63) is 46.3 Å². The van der Waals surface area contributed by atoms with Crippen molar-refractivity contribution in [2.45, 2.75) is 40.4 Å². The molecule has 0 amide bonds. The minimum absolute atomic E-state index is 0.393. The SMILES string of the molecule is Cc1ccc([C@@H](C)O)c(OCc2c(C)noc2C)c1. The Morgan fingerprint density at radius 3 is 2.63 bits per heavy atom. The summed E-state index contributed by atoms with van der Waals surface area (Å²) >= 11 is 0. The van der Waals surface area contributed by atoms with Gasteiger partial charge in [0.15, 0.2) is 0 Å². The number of aliphatic hydroxyl groups excluding tert-OH is 1. The van der Waals surface area contributed by atoms with Gasteiger partial charge in [-0.25, -0.2) is 0 Å². The van der Waals surface area contributed by atoms with Crippen molar-refractivity contribution in [1.29, 1.82) is 0 Å². The van der Waals surface area contributed by atoms with Crippen LogP contribution in [0, 0.1) is 20.8 Å². The average molecular weight is 261 g/mol. The topological polar surface area (TPSA) is 55.5 Å². The van der Waals surface area contributed by atoms with E-state index in [1.807, 2.05) is 39.0 Å². The van der Waals surface area contributed by atoms with E-state index < -0.39 is 6.10 Å². The fraction of sp³-hybridized carbons (Fsp3) is 0.400. The summed E-state index contributed by atoms with van der Waals surface area (Å²) in [5.41, 5.74) is 3.68. The third-order valence-electron chi connectivity index (χ3n) is 3.17. The van der Waals surface area contributed by atoms with Gasteiger partial charge in [0.05, 0.1) is 17.4 Å². The van der Waals surface area contributed by atoms with Gasteiger partial charge in [-0.1, -0.05) is 17.3 Å². The Kier molecular flexibility index (Phi) is 3.90. The molecule has 1 aromatic carbocycles. The number of hydrogen-bond donors (Lipinski definition) is 1. The van der Waals surface area contributed by atoms with Crippen molar-refractivity contribution in [3.8, 4) is 5.75 Å². The first-order valence-corrected chi connectivity index (χ1v) is 6.32. The third kappa shape index (κ3) is 2.96. The molecule has 1 atom stereocenters. The van der Waals surface area contributed by atoms with Crippen LogP contribution in [-0.2, 0) is 6.61 Å². The molecule has 1 heterocycles. The summed E-state index contributed by atoms with van der Waals surface area (Å²) in [6, 6.07) is 5.79. The molecule has 0 spiro atoms. The van der Waals surface area contributed by atoms with Gasteiger partial charge in [0, 0.05) is 5.56 Å². The van der Waals surface area contributed by atoms with E-state index in [9.17, 15) is 5.11 Å². The molecule has 0 saturated heterocycles. The quantitative estimate of drug-likeness (QED) is 0.918. The van der Waals surface area contributed by atoms with E-state index in [2.05, 4.69) is 5.16 Å². The predicted molar refractivity (Wildman–Crippen MR) is 72.1 cm³/mol. The summed E-state index contributed by atoms with van der Waals surface area (Å²) in [6.07, 6.45) is -0.555. The highest BCUT2D eigenvalue weighted by molar-refractivity contribution is 5.38. The van der Waals surface area contributed by atoms with Crippen LogP contribution < -0.4 is 4.74 Å². The number of hydrogen-bond acceptors (Lipinski definition) is 4. The van der Waals surface area contributed by atoms with Crippen LogP contribution in [0.2, 0.25) is 0 Å². The third-order valence-corrected chi connectivity index (χ3v) is 3.17. The van der Waals surface area contributed by atoms with Crippen LogP contribution in [0.3, 0.4) is 0 Å². The number of nitrogens with zero attached hydrogens (tertiary/aromatic N) is 1. The highest BCUT2D eigenvalue weighted by atomic mass is 16.5. The highest BCUT2D eigenvalue weighted by Gasteiger charge is 2.13.